The number of nitrogens with one attached hydrogen (secondary N) is 1. The lowest BCUT2D eigenvalue weighted by Gasteiger charge is -2.04. The van der Waals surface area contributed by atoms with Gasteiger partial charge in [0, 0.05) is 6.07 Å². The average molecular weight is 242 g/mol. The first-order chi connectivity index (χ1) is 7.84. The highest BCUT2D eigenvalue weighted by Crippen LogP contribution is 2.27. The van der Waals surface area contributed by atoms with Crippen LogP contribution in [0.4, 0.5) is 13.2 Å². The fourth-order valence-electron chi connectivity index (χ4n) is 1.43. The van der Waals surface area contributed by atoms with Gasteiger partial charge < -0.3 is 0 Å². The summed E-state index contributed by atoms with van der Waals surface area (Å²) in [6, 6.07) is 2.08. The molecule has 0 saturated heterocycles. The van der Waals surface area contributed by atoms with Crippen molar-refractivity contribution in [2.75, 3.05) is 0 Å². The average Bonchev–Trinajstić information content (AvgIpc) is 2.53. The number of aryl methyl sites for hydroxylation is 1. The van der Waals surface area contributed by atoms with Crippen molar-refractivity contribution in [3.05, 3.63) is 33.4 Å². The molecule has 0 saturated carbocycles. The highest BCUT2D eigenvalue weighted by Gasteiger charge is 2.34. The molecule has 0 amide bonds. The first-order valence-corrected chi connectivity index (χ1v) is 4.44. The topological polar surface area (TPSA) is 73.9 Å². The Kier molecular flexibility index (Phi) is 2.20. The fraction of sp³-hybridized carbons (Fsp3) is 0.222. The predicted octanol–water partition coefficient (Wildman–Crippen LogP) is 1.22. The van der Waals surface area contributed by atoms with E-state index in [2.05, 4.69) is 10.1 Å². The molecule has 0 bridgehead atoms. The molecule has 2 heterocycles. The molecule has 2 aromatic rings. The number of alkyl halides is 3. The molecule has 0 aliphatic rings. The Bertz CT molecular complexity index is 689. The molecule has 0 aromatic carbocycles. The third kappa shape index (κ3) is 1.65. The number of rotatable bonds is 0. The molecule has 2 rings (SSSR count). The Morgan fingerprint density at radius 1 is 1.53 bits per heavy atom. The van der Waals surface area contributed by atoms with Crippen molar-refractivity contribution in [1.82, 2.24) is 14.6 Å². The number of aromatic nitrogens is 3. The van der Waals surface area contributed by atoms with Crippen LogP contribution in [0.25, 0.3) is 5.65 Å². The van der Waals surface area contributed by atoms with Crippen LogP contribution in [0, 0.1) is 18.3 Å². The lowest BCUT2D eigenvalue weighted by atomic mass is 10.3. The number of nitriles is 1. The van der Waals surface area contributed by atoms with E-state index < -0.39 is 17.4 Å². The maximum atomic E-state index is 12.4. The quantitative estimate of drug-likeness (QED) is 0.754. The second-order valence-electron chi connectivity index (χ2n) is 3.36. The summed E-state index contributed by atoms with van der Waals surface area (Å²) in [4.78, 5) is 14.7. The van der Waals surface area contributed by atoms with Crippen molar-refractivity contribution in [3.63, 3.8) is 0 Å². The maximum Gasteiger partial charge on any atom is 0.433 e. The van der Waals surface area contributed by atoms with Gasteiger partial charge in [0.15, 0.2) is 11.3 Å². The number of halogens is 3. The van der Waals surface area contributed by atoms with Gasteiger partial charge in [0.25, 0.3) is 5.56 Å². The zero-order valence-electron chi connectivity index (χ0n) is 8.46. The third-order valence-electron chi connectivity index (χ3n) is 2.20. The summed E-state index contributed by atoms with van der Waals surface area (Å²) in [7, 11) is 0. The van der Waals surface area contributed by atoms with Gasteiger partial charge >= 0.3 is 6.18 Å². The minimum atomic E-state index is -4.72. The molecule has 5 nitrogen and oxygen atoms in total. The van der Waals surface area contributed by atoms with Crippen LogP contribution in [0.1, 0.15) is 17.0 Å². The first kappa shape index (κ1) is 11.2. The molecule has 0 fully saturated rings. The van der Waals surface area contributed by atoms with Crippen molar-refractivity contribution in [1.29, 1.82) is 5.26 Å². The van der Waals surface area contributed by atoms with E-state index in [1.54, 1.807) is 6.07 Å². The van der Waals surface area contributed by atoms with Crippen LogP contribution in [0.15, 0.2) is 10.9 Å². The molecule has 8 heteroatoms. The van der Waals surface area contributed by atoms with Crippen LogP contribution in [0.5, 0.6) is 0 Å². The summed E-state index contributed by atoms with van der Waals surface area (Å²) < 4.78 is 38.1. The molecule has 88 valence electrons. The van der Waals surface area contributed by atoms with E-state index in [9.17, 15) is 18.0 Å². The van der Waals surface area contributed by atoms with E-state index >= 15 is 0 Å². The summed E-state index contributed by atoms with van der Waals surface area (Å²) >= 11 is 0. The number of H-pyrrole nitrogens is 1. The minimum Gasteiger partial charge on any atom is -0.293 e. The van der Waals surface area contributed by atoms with Crippen molar-refractivity contribution in [3.8, 4) is 6.07 Å². The van der Waals surface area contributed by atoms with Gasteiger partial charge in [-0.2, -0.15) is 18.4 Å². The zero-order chi connectivity index (χ0) is 12.8. The molecule has 1 N–H and O–H groups in total. The molecule has 0 atom stereocenters. The summed E-state index contributed by atoms with van der Waals surface area (Å²) in [5, 5.41) is 11.3. The molecular formula is C9H5F3N4O. The van der Waals surface area contributed by atoms with Crippen molar-refractivity contribution < 1.29 is 13.2 Å². The third-order valence-corrected chi connectivity index (χ3v) is 2.20. The molecule has 0 aliphatic carbocycles. The van der Waals surface area contributed by atoms with Crippen LogP contribution >= 0.6 is 0 Å². The first-order valence-electron chi connectivity index (χ1n) is 4.44. The van der Waals surface area contributed by atoms with Gasteiger partial charge in [0.05, 0.1) is 5.69 Å². The number of aromatic amines is 1. The van der Waals surface area contributed by atoms with E-state index in [1.165, 1.54) is 6.92 Å². The molecular weight excluding hydrogens is 237 g/mol. The van der Waals surface area contributed by atoms with Gasteiger partial charge in [0.1, 0.15) is 11.6 Å². The molecule has 0 radical (unpaired) electrons. The largest absolute Gasteiger partial charge is 0.433 e. The van der Waals surface area contributed by atoms with E-state index in [-0.39, 0.29) is 16.9 Å². The van der Waals surface area contributed by atoms with E-state index in [0.29, 0.717) is 6.07 Å². The Hall–Kier alpha value is -2.30. The maximum absolute atomic E-state index is 12.4. The van der Waals surface area contributed by atoms with E-state index in [4.69, 9.17) is 5.26 Å². The van der Waals surface area contributed by atoms with Crippen LogP contribution in [0.2, 0.25) is 0 Å². The fourth-order valence-corrected chi connectivity index (χ4v) is 1.43. The second kappa shape index (κ2) is 3.35. The summed E-state index contributed by atoms with van der Waals surface area (Å²) in [5.41, 5.74) is -2.32. The number of hydrogen-bond donors (Lipinski definition) is 1. The highest BCUT2D eigenvalue weighted by molar-refractivity contribution is 5.57. The Morgan fingerprint density at radius 3 is 2.71 bits per heavy atom. The van der Waals surface area contributed by atoms with Gasteiger partial charge in [-0.3, -0.25) is 9.89 Å². The smallest absolute Gasteiger partial charge is 0.293 e. The van der Waals surface area contributed by atoms with Gasteiger partial charge in [-0.15, -0.1) is 0 Å². The molecule has 17 heavy (non-hydrogen) atoms. The van der Waals surface area contributed by atoms with Crippen molar-refractivity contribution in [2.45, 2.75) is 13.1 Å². The second-order valence-corrected chi connectivity index (χ2v) is 3.36. The van der Waals surface area contributed by atoms with Gasteiger partial charge in [-0.05, 0) is 6.92 Å². The summed E-state index contributed by atoms with van der Waals surface area (Å²) in [6.07, 6.45) is -4.72. The molecule has 2 aromatic heterocycles. The lowest BCUT2D eigenvalue weighted by Crippen LogP contribution is -2.20. The highest BCUT2D eigenvalue weighted by atomic mass is 19.4. The van der Waals surface area contributed by atoms with Crippen molar-refractivity contribution in [2.24, 2.45) is 0 Å². The zero-order valence-corrected chi connectivity index (χ0v) is 8.46. The Morgan fingerprint density at radius 2 is 2.18 bits per heavy atom. The van der Waals surface area contributed by atoms with Gasteiger partial charge in [-0.25, -0.2) is 9.50 Å². The number of fused-ring (bicyclic) bond motifs is 1. The van der Waals surface area contributed by atoms with Crippen molar-refractivity contribution >= 4 is 5.65 Å². The van der Waals surface area contributed by atoms with Crippen LogP contribution in [-0.4, -0.2) is 14.6 Å². The summed E-state index contributed by atoms with van der Waals surface area (Å²) in [6.45, 7) is 1.47. The normalized spacial score (nSPS) is 11.7. The van der Waals surface area contributed by atoms with Crippen LogP contribution < -0.4 is 5.56 Å². The Balaban J connectivity index is 2.90. The van der Waals surface area contributed by atoms with Gasteiger partial charge in [-0.1, -0.05) is 0 Å². The Labute approximate surface area is 92.1 Å². The van der Waals surface area contributed by atoms with Gasteiger partial charge in [0.2, 0.25) is 0 Å². The number of hydrogen-bond acceptors (Lipinski definition) is 3. The van der Waals surface area contributed by atoms with E-state index in [0.717, 1.165) is 4.52 Å². The SMILES string of the molecule is Cc1[nH]n2c(=O)cc(C(F)(F)F)nc2c1C#N. The summed E-state index contributed by atoms with van der Waals surface area (Å²) in [5.74, 6) is 0. The van der Waals surface area contributed by atoms with E-state index in [1.807, 2.05) is 0 Å². The lowest BCUT2D eigenvalue weighted by molar-refractivity contribution is -0.141. The van der Waals surface area contributed by atoms with Crippen LogP contribution in [-0.2, 0) is 6.18 Å². The monoisotopic (exact) mass is 242 g/mol. The number of nitrogens with zero attached hydrogens (tertiary/aromatic N) is 3. The standard InChI is InChI=1S/C9H5F3N4O/c1-4-5(3-13)8-14-6(9(10,11)12)2-7(17)16(8)15-4/h2,15H,1H3. The molecule has 0 spiro atoms. The molecule has 0 aliphatic heterocycles. The van der Waals surface area contributed by atoms with Crippen LogP contribution in [0.3, 0.4) is 0 Å². The minimum absolute atomic E-state index is 0.0757. The molecule has 0 unspecified atom stereocenters. The predicted molar refractivity (Wildman–Crippen MR) is 50.3 cm³/mol.